The van der Waals surface area contributed by atoms with Crippen molar-refractivity contribution in [2.75, 3.05) is 6.54 Å². The van der Waals surface area contributed by atoms with E-state index in [1.165, 1.54) is 0 Å². The van der Waals surface area contributed by atoms with Crippen LogP contribution in [0.3, 0.4) is 0 Å². The summed E-state index contributed by atoms with van der Waals surface area (Å²) in [6.45, 7) is 3.50. The number of primary amides is 1. The smallest absolute Gasteiger partial charge is 0.326 e. The molecule has 1 aromatic heterocycles. The normalized spacial score (nSPS) is 13.9. The minimum atomic E-state index is -1.27. The molecule has 0 bridgehead atoms. The lowest BCUT2D eigenvalue weighted by molar-refractivity contribution is -0.142. The molecule has 0 saturated carbocycles. The second-order valence-corrected chi connectivity index (χ2v) is 10.3. The van der Waals surface area contributed by atoms with E-state index >= 15 is 0 Å². The van der Waals surface area contributed by atoms with E-state index in [0.29, 0.717) is 0 Å². The Bertz CT molecular complexity index is 1290. The first-order chi connectivity index (χ1) is 19.8. The summed E-state index contributed by atoms with van der Waals surface area (Å²) in [5.74, 6) is -4.67. The topological polar surface area (TPSA) is 274 Å². The van der Waals surface area contributed by atoms with Gasteiger partial charge in [-0.2, -0.15) is 0 Å². The van der Waals surface area contributed by atoms with E-state index in [0.717, 1.165) is 16.5 Å². The van der Waals surface area contributed by atoms with E-state index in [-0.39, 0.29) is 44.6 Å². The number of carbonyl (C=O) groups is 5. The van der Waals surface area contributed by atoms with Gasteiger partial charge in [0, 0.05) is 30.1 Å². The zero-order valence-electron chi connectivity index (χ0n) is 23.8. The molecule has 0 radical (unpaired) electrons. The van der Waals surface area contributed by atoms with Gasteiger partial charge in [-0.05, 0) is 43.2 Å². The Labute approximate surface area is 243 Å². The first-order valence-corrected chi connectivity index (χ1v) is 13.6. The van der Waals surface area contributed by atoms with Crippen LogP contribution < -0.4 is 38.9 Å². The Hall–Kier alpha value is -4.66. The number of hydrogen-bond donors (Lipinski definition) is 9. The van der Waals surface area contributed by atoms with Crippen LogP contribution in [-0.2, 0) is 30.4 Å². The first-order valence-electron chi connectivity index (χ1n) is 13.6. The molecule has 2 aromatic rings. The van der Waals surface area contributed by atoms with Crippen LogP contribution in [0.5, 0.6) is 0 Å². The molecule has 15 nitrogen and oxygen atoms in total. The molecule has 2 rings (SSSR count). The summed E-state index contributed by atoms with van der Waals surface area (Å²) >= 11 is 0. The number of guanidine groups is 1. The van der Waals surface area contributed by atoms with E-state index in [2.05, 4.69) is 25.9 Å². The number of para-hydroxylation sites is 1. The number of nitrogens with zero attached hydrogens (tertiary/aromatic N) is 1. The van der Waals surface area contributed by atoms with Gasteiger partial charge >= 0.3 is 5.97 Å². The number of carboxylic acids is 1. The summed E-state index contributed by atoms with van der Waals surface area (Å²) in [5, 5.41) is 18.0. The third-order valence-corrected chi connectivity index (χ3v) is 6.57. The number of benzene rings is 1. The molecule has 4 atom stereocenters. The van der Waals surface area contributed by atoms with Crippen molar-refractivity contribution < 1.29 is 29.1 Å². The van der Waals surface area contributed by atoms with Gasteiger partial charge in [0.25, 0.3) is 0 Å². The lowest BCUT2D eigenvalue weighted by Crippen LogP contribution is -2.58. The van der Waals surface area contributed by atoms with E-state index in [4.69, 9.17) is 22.9 Å². The largest absolute Gasteiger partial charge is 0.480 e. The van der Waals surface area contributed by atoms with E-state index in [9.17, 15) is 29.1 Å². The lowest BCUT2D eigenvalue weighted by atomic mass is 10.0. The molecule has 4 amide bonds. The Morgan fingerprint density at radius 3 is 2.21 bits per heavy atom. The Balaban J connectivity index is 2.10. The van der Waals surface area contributed by atoms with Crippen molar-refractivity contribution in [3.8, 4) is 0 Å². The molecule has 42 heavy (non-hydrogen) atoms. The molecule has 15 heteroatoms. The summed E-state index contributed by atoms with van der Waals surface area (Å²) in [6.07, 6.45) is 1.91. The van der Waals surface area contributed by atoms with Gasteiger partial charge in [0.2, 0.25) is 23.6 Å². The predicted octanol–water partition coefficient (Wildman–Crippen LogP) is -1.45. The zero-order valence-corrected chi connectivity index (χ0v) is 23.8. The molecule has 0 aliphatic rings. The van der Waals surface area contributed by atoms with Crippen molar-refractivity contribution in [1.29, 1.82) is 0 Å². The number of hydrogen-bond acceptors (Lipinski definition) is 7. The second kappa shape index (κ2) is 16.0. The third-order valence-electron chi connectivity index (χ3n) is 6.57. The van der Waals surface area contributed by atoms with Gasteiger partial charge in [0.15, 0.2) is 5.96 Å². The van der Waals surface area contributed by atoms with Crippen molar-refractivity contribution in [2.45, 2.75) is 70.1 Å². The minimum absolute atomic E-state index is 0.0439. The van der Waals surface area contributed by atoms with Crippen molar-refractivity contribution in [3.63, 3.8) is 0 Å². The number of aromatic amines is 1. The summed E-state index contributed by atoms with van der Waals surface area (Å²) < 4.78 is 0. The van der Waals surface area contributed by atoms with Crippen LogP contribution >= 0.6 is 0 Å². The number of carboxylic acid groups (broad SMARTS) is 1. The number of H-pyrrole nitrogens is 1. The third kappa shape index (κ3) is 10.4. The van der Waals surface area contributed by atoms with E-state index in [1.807, 2.05) is 24.3 Å². The highest BCUT2D eigenvalue weighted by molar-refractivity contribution is 5.94. The summed E-state index contributed by atoms with van der Waals surface area (Å²) in [4.78, 5) is 69.4. The number of aliphatic imine (C=N–C) groups is 1. The van der Waals surface area contributed by atoms with Crippen LogP contribution in [-0.4, -0.2) is 76.4 Å². The maximum atomic E-state index is 13.3. The molecule has 1 heterocycles. The summed E-state index contributed by atoms with van der Waals surface area (Å²) in [5.41, 5.74) is 23.7. The monoisotopic (exact) mass is 587 g/mol. The molecule has 13 N–H and O–H groups in total. The van der Waals surface area contributed by atoms with E-state index in [1.54, 1.807) is 20.0 Å². The van der Waals surface area contributed by atoms with E-state index < -0.39 is 59.7 Å². The Morgan fingerprint density at radius 1 is 0.929 bits per heavy atom. The van der Waals surface area contributed by atoms with Gasteiger partial charge in [0.05, 0.1) is 6.04 Å². The number of amides is 4. The first kappa shape index (κ1) is 33.5. The standard InChI is InChI=1S/C27H41N9O6/c1-14(2)22(25(40)35-20(26(41)42)8-5-11-32-27(30)31)36-24(39)19(9-10-21(29)37)34-23(38)17(28)12-15-13-33-18-7-4-3-6-16(15)18/h3-4,6-7,13-14,17,19-20,22,33H,5,8-12,28H2,1-2H3,(H2,29,37)(H,34,38)(H,35,40)(H,36,39)(H,41,42)(H4,30,31,32). The number of aliphatic carboxylic acids is 1. The van der Waals surface area contributed by atoms with Gasteiger partial charge < -0.3 is 49.0 Å². The highest BCUT2D eigenvalue weighted by Gasteiger charge is 2.32. The van der Waals surface area contributed by atoms with Crippen molar-refractivity contribution >= 4 is 46.5 Å². The molecular formula is C27H41N9O6. The molecule has 230 valence electrons. The highest BCUT2D eigenvalue weighted by atomic mass is 16.4. The quantitative estimate of drug-likeness (QED) is 0.0594. The van der Waals surface area contributed by atoms with Crippen LogP contribution in [0.25, 0.3) is 10.9 Å². The fraction of sp³-hybridized carbons (Fsp3) is 0.481. The van der Waals surface area contributed by atoms with Gasteiger partial charge in [-0.3, -0.25) is 24.2 Å². The van der Waals surface area contributed by atoms with Crippen LogP contribution in [0.4, 0.5) is 0 Å². The van der Waals surface area contributed by atoms with Crippen LogP contribution in [0.1, 0.15) is 45.1 Å². The van der Waals surface area contributed by atoms with Crippen LogP contribution in [0, 0.1) is 5.92 Å². The molecule has 0 aliphatic heterocycles. The molecule has 0 spiro atoms. The number of rotatable bonds is 17. The van der Waals surface area contributed by atoms with Crippen LogP contribution in [0.2, 0.25) is 0 Å². The number of nitrogens with two attached hydrogens (primary N) is 4. The van der Waals surface area contributed by atoms with Gasteiger partial charge in [-0.1, -0.05) is 32.0 Å². The summed E-state index contributed by atoms with van der Waals surface area (Å²) in [7, 11) is 0. The second-order valence-electron chi connectivity index (χ2n) is 10.3. The SMILES string of the molecule is CC(C)C(NC(=O)C(CCC(N)=O)NC(=O)C(N)Cc1c[nH]c2ccccc12)C(=O)NC(CCCN=C(N)N)C(=O)O. The van der Waals surface area contributed by atoms with Crippen molar-refractivity contribution in [2.24, 2.45) is 33.8 Å². The van der Waals surface area contributed by atoms with Gasteiger partial charge in [-0.25, -0.2) is 4.79 Å². The summed E-state index contributed by atoms with van der Waals surface area (Å²) in [6, 6.07) is 2.87. The fourth-order valence-electron chi connectivity index (χ4n) is 4.28. The minimum Gasteiger partial charge on any atom is -0.480 e. The van der Waals surface area contributed by atoms with Crippen molar-refractivity contribution in [1.82, 2.24) is 20.9 Å². The molecule has 1 aromatic carbocycles. The lowest BCUT2D eigenvalue weighted by Gasteiger charge is -2.27. The number of fused-ring (bicyclic) bond motifs is 1. The average Bonchev–Trinajstić information content (AvgIpc) is 3.32. The molecule has 0 aliphatic carbocycles. The fourth-order valence-corrected chi connectivity index (χ4v) is 4.28. The molecule has 4 unspecified atom stereocenters. The number of carbonyl (C=O) groups excluding carboxylic acids is 4. The zero-order chi connectivity index (χ0) is 31.4. The predicted molar refractivity (Wildman–Crippen MR) is 157 cm³/mol. The molecule has 0 saturated heterocycles. The number of nitrogens with one attached hydrogen (secondary N) is 4. The molecule has 0 fully saturated rings. The van der Waals surface area contributed by atoms with Crippen LogP contribution in [0.15, 0.2) is 35.5 Å². The molecular weight excluding hydrogens is 546 g/mol. The van der Waals surface area contributed by atoms with Crippen molar-refractivity contribution in [3.05, 3.63) is 36.0 Å². The maximum absolute atomic E-state index is 13.3. The number of aromatic nitrogens is 1. The van der Waals surface area contributed by atoms with Gasteiger partial charge in [0.1, 0.15) is 18.1 Å². The maximum Gasteiger partial charge on any atom is 0.326 e. The van der Waals surface area contributed by atoms with Gasteiger partial charge in [-0.15, -0.1) is 0 Å². The Morgan fingerprint density at radius 2 is 1.60 bits per heavy atom. The Kier molecular flexibility index (Phi) is 12.7. The average molecular weight is 588 g/mol. The highest BCUT2D eigenvalue weighted by Crippen LogP contribution is 2.19.